The standard InChI is InChI=1S/C9H19NO3/c1-9(6-11,7-12)5-10-3-2-8(13)4-10/h8,11-13H,2-7H2,1H3. The van der Waals surface area contributed by atoms with E-state index in [1.807, 2.05) is 6.92 Å². The maximum Gasteiger partial charge on any atom is 0.0679 e. The van der Waals surface area contributed by atoms with E-state index in [4.69, 9.17) is 10.2 Å². The highest BCUT2D eigenvalue weighted by atomic mass is 16.3. The number of nitrogens with zero attached hydrogens (tertiary/aromatic N) is 1. The fourth-order valence-electron chi connectivity index (χ4n) is 1.65. The largest absolute Gasteiger partial charge is 0.396 e. The second kappa shape index (κ2) is 4.37. The molecular weight excluding hydrogens is 170 g/mol. The first-order valence-corrected chi connectivity index (χ1v) is 4.72. The maximum atomic E-state index is 9.28. The number of β-amino-alcohol motifs (C(OH)–C–C–N with tert-alkyl or cyclic N) is 1. The summed E-state index contributed by atoms with van der Waals surface area (Å²) in [6, 6.07) is 0. The van der Waals surface area contributed by atoms with Gasteiger partial charge in [-0.15, -0.1) is 0 Å². The topological polar surface area (TPSA) is 63.9 Å². The summed E-state index contributed by atoms with van der Waals surface area (Å²) in [6.45, 7) is 3.98. The third kappa shape index (κ3) is 2.91. The Balaban J connectivity index is 2.38. The Labute approximate surface area is 78.8 Å². The molecule has 0 aliphatic carbocycles. The molecule has 0 amide bonds. The van der Waals surface area contributed by atoms with Gasteiger partial charge in [0.15, 0.2) is 0 Å². The summed E-state index contributed by atoms with van der Waals surface area (Å²) in [4.78, 5) is 2.08. The fourth-order valence-corrected chi connectivity index (χ4v) is 1.65. The molecule has 1 fully saturated rings. The van der Waals surface area contributed by atoms with Crippen LogP contribution in [0.4, 0.5) is 0 Å². The minimum Gasteiger partial charge on any atom is -0.396 e. The average Bonchev–Trinajstić information content (AvgIpc) is 2.51. The van der Waals surface area contributed by atoms with Crippen molar-refractivity contribution in [2.24, 2.45) is 5.41 Å². The Morgan fingerprint density at radius 3 is 2.38 bits per heavy atom. The van der Waals surface area contributed by atoms with Gasteiger partial charge in [-0.3, -0.25) is 4.90 Å². The van der Waals surface area contributed by atoms with Crippen LogP contribution in [0.2, 0.25) is 0 Å². The van der Waals surface area contributed by atoms with Crippen LogP contribution < -0.4 is 0 Å². The van der Waals surface area contributed by atoms with Gasteiger partial charge in [-0.05, 0) is 6.42 Å². The third-order valence-corrected chi connectivity index (χ3v) is 2.62. The highest BCUT2D eigenvalue weighted by Gasteiger charge is 2.29. The summed E-state index contributed by atoms with van der Waals surface area (Å²) < 4.78 is 0. The molecule has 0 aromatic carbocycles. The zero-order valence-corrected chi connectivity index (χ0v) is 8.11. The average molecular weight is 189 g/mol. The van der Waals surface area contributed by atoms with Crippen molar-refractivity contribution >= 4 is 0 Å². The van der Waals surface area contributed by atoms with E-state index in [1.54, 1.807) is 0 Å². The first-order chi connectivity index (χ1) is 6.09. The van der Waals surface area contributed by atoms with Crippen LogP contribution in [-0.4, -0.2) is 59.2 Å². The van der Waals surface area contributed by atoms with Gasteiger partial charge in [0.05, 0.1) is 19.3 Å². The first-order valence-electron chi connectivity index (χ1n) is 4.72. The molecule has 0 bridgehead atoms. The molecule has 4 nitrogen and oxygen atoms in total. The lowest BCUT2D eigenvalue weighted by Crippen LogP contribution is -2.40. The van der Waals surface area contributed by atoms with Gasteiger partial charge in [0.25, 0.3) is 0 Å². The zero-order valence-electron chi connectivity index (χ0n) is 8.11. The van der Waals surface area contributed by atoms with Crippen molar-refractivity contribution < 1.29 is 15.3 Å². The van der Waals surface area contributed by atoms with E-state index < -0.39 is 5.41 Å². The summed E-state index contributed by atoms with van der Waals surface area (Å²) >= 11 is 0. The molecule has 0 aromatic heterocycles. The SMILES string of the molecule is CC(CO)(CO)CN1CCC(O)C1. The van der Waals surface area contributed by atoms with E-state index in [9.17, 15) is 5.11 Å². The van der Waals surface area contributed by atoms with E-state index in [-0.39, 0.29) is 19.3 Å². The predicted octanol–water partition coefficient (Wildman–Crippen LogP) is -0.956. The first kappa shape index (κ1) is 10.9. The molecule has 1 aliphatic heterocycles. The molecule has 1 unspecified atom stereocenters. The van der Waals surface area contributed by atoms with Gasteiger partial charge in [0.2, 0.25) is 0 Å². The molecule has 1 heterocycles. The van der Waals surface area contributed by atoms with Gasteiger partial charge < -0.3 is 15.3 Å². The summed E-state index contributed by atoms with van der Waals surface area (Å²) in [5.41, 5.74) is -0.440. The third-order valence-electron chi connectivity index (χ3n) is 2.62. The van der Waals surface area contributed by atoms with Crippen LogP contribution in [0.15, 0.2) is 0 Å². The van der Waals surface area contributed by atoms with E-state index in [2.05, 4.69) is 4.90 Å². The second-order valence-electron chi connectivity index (χ2n) is 4.30. The lowest BCUT2D eigenvalue weighted by Gasteiger charge is -2.29. The Bertz CT molecular complexity index is 159. The van der Waals surface area contributed by atoms with Crippen LogP contribution in [-0.2, 0) is 0 Å². The summed E-state index contributed by atoms with van der Waals surface area (Å²) in [5, 5.41) is 27.4. The molecule has 0 radical (unpaired) electrons. The summed E-state index contributed by atoms with van der Waals surface area (Å²) in [6.07, 6.45) is 0.564. The number of rotatable bonds is 4. The van der Waals surface area contributed by atoms with Crippen molar-refractivity contribution in [1.82, 2.24) is 4.90 Å². The molecule has 0 aromatic rings. The van der Waals surface area contributed by atoms with Crippen LogP contribution in [0.1, 0.15) is 13.3 Å². The molecule has 13 heavy (non-hydrogen) atoms. The lowest BCUT2D eigenvalue weighted by molar-refractivity contribution is 0.0379. The van der Waals surface area contributed by atoms with E-state index in [0.717, 1.165) is 13.0 Å². The van der Waals surface area contributed by atoms with Crippen molar-refractivity contribution in [3.8, 4) is 0 Å². The Hall–Kier alpha value is -0.160. The Morgan fingerprint density at radius 1 is 1.38 bits per heavy atom. The molecular formula is C9H19NO3. The lowest BCUT2D eigenvalue weighted by atomic mass is 9.92. The quantitative estimate of drug-likeness (QED) is 0.533. The minimum absolute atomic E-state index is 0.0178. The summed E-state index contributed by atoms with van der Waals surface area (Å²) in [5.74, 6) is 0. The van der Waals surface area contributed by atoms with Crippen molar-refractivity contribution in [1.29, 1.82) is 0 Å². The van der Waals surface area contributed by atoms with Crippen LogP contribution >= 0.6 is 0 Å². The van der Waals surface area contributed by atoms with Gasteiger partial charge in [-0.2, -0.15) is 0 Å². The molecule has 4 heteroatoms. The van der Waals surface area contributed by atoms with Gasteiger partial charge in [0, 0.05) is 25.0 Å². The monoisotopic (exact) mass is 189 g/mol. The molecule has 0 spiro atoms. The van der Waals surface area contributed by atoms with Gasteiger partial charge in [-0.25, -0.2) is 0 Å². The molecule has 0 saturated carbocycles. The van der Waals surface area contributed by atoms with Gasteiger partial charge >= 0.3 is 0 Å². The van der Waals surface area contributed by atoms with Crippen LogP contribution in [0, 0.1) is 5.41 Å². The van der Waals surface area contributed by atoms with Crippen molar-refractivity contribution in [2.75, 3.05) is 32.8 Å². The molecule has 1 atom stereocenters. The number of likely N-dealkylation sites (tertiary alicyclic amines) is 1. The van der Waals surface area contributed by atoms with E-state index in [1.165, 1.54) is 0 Å². The number of aliphatic hydroxyl groups excluding tert-OH is 3. The number of hydrogen-bond acceptors (Lipinski definition) is 4. The minimum atomic E-state index is -0.440. The van der Waals surface area contributed by atoms with E-state index in [0.29, 0.717) is 13.1 Å². The van der Waals surface area contributed by atoms with Crippen LogP contribution in [0.25, 0.3) is 0 Å². The van der Waals surface area contributed by atoms with Crippen molar-refractivity contribution in [3.63, 3.8) is 0 Å². The van der Waals surface area contributed by atoms with Crippen molar-refractivity contribution in [3.05, 3.63) is 0 Å². The summed E-state index contributed by atoms with van der Waals surface area (Å²) in [7, 11) is 0. The van der Waals surface area contributed by atoms with Gasteiger partial charge in [0.1, 0.15) is 0 Å². The molecule has 1 saturated heterocycles. The number of hydrogen-bond donors (Lipinski definition) is 3. The highest BCUT2D eigenvalue weighted by molar-refractivity contribution is 4.82. The molecule has 1 rings (SSSR count). The molecule has 78 valence electrons. The van der Waals surface area contributed by atoms with E-state index >= 15 is 0 Å². The number of aliphatic hydroxyl groups is 3. The van der Waals surface area contributed by atoms with Crippen LogP contribution in [0.3, 0.4) is 0 Å². The van der Waals surface area contributed by atoms with Crippen molar-refractivity contribution in [2.45, 2.75) is 19.4 Å². The molecule has 3 N–H and O–H groups in total. The normalized spacial score (nSPS) is 25.4. The zero-order chi connectivity index (χ0) is 9.90. The smallest absolute Gasteiger partial charge is 0.0679 e. The van der Waals surface area contributed by atoms with Gasteiger partial charge in [-0.1, -0.05) is 6.92 Å². The molecule has 1 aliphatic rings. The predicted molar refractivity (Wildman–Crippen MR) is 49.3 cm³/mol. The highest BCUT2D eigenvalue weighted by Crippen LogP contribution is 2.19. The fraction of sp³-hybridized carbons (Fsp3) is 1.00. The Kier molecular flexibility index (Phi) is 3.67. The Morgan fingerprint density at radius 2 is 2.00 bits per heavy atom. The maximum absolute atomic E-state index is 9.28. The van der Waals surface area contributed by atoms with Crippen LogP contribution in [0.5, 0.6) is 0 Å². The second-order valence-corrected chi connectivity index (χ2v) is 4.30.